The summed E-state index contributed by atoms with van der Waals surface area (Å²) in [6.45, 7) is 2.10. The Hall–Kier alpha value is -0.523. The van der Waals surface area contributed by atoms with Crippen molar-refractivity contribution < 1.29 is 33.6 Å². The monoisotopic (exact) mass is 216 g/mol. The van der Waals surface area contributed by atoms with E-state index < -0.39 is 5.97 Å². The van der Waals surface area contributed by atoms with E-state index in [0.717, 1.165) is 36.8 Å². The third kappa shape index (κ3) is 4.55. The summed E-state index contributed by atoms with van der Waals surface area (Å²) in [5.41, 5.74) is 1.57. The predicted octanol–water partition coefficient (Wildman–Crippen LogP) is -1.63. The number of carboxylic acids is 1. The van der Waals surface area contributed by atoms with Gasteiger partial charge in [-0.2, -0.15) is 0 Å². The van der Waals surface area contributed by atoms with Crippen LogP contribution >= 0.6 is 0 Å². The van der Waals surface area contributed by atoms with Crippen LogP contribution in [0, 0.1) is 0 Å². The number of Topliss-reactive ketones (excluding diaryl/α,β-unsaturated/α-hetero) is 1. The molecule has 1 aliphatic rings. The summed E-state index contributed by atoms with van der Waals surface area (Å²) in [6.07, 6.45) is 4.97. The van der Waals surface area contributed by atoms with E-state index in [0.29, 0.717) is 12.8 Å². The van der Waals surface area contributed by atoms with Crippen molar-refractivity contribution >= 4 is 11.8 Å². The largest absolute Gasteiger partial charge is 1.00 e. The molecule has 4 heteroatoms. The van der Waals surface area contributed by atoms with Crippen molar-refractivity contribution in [1.29, 1.82) is 0 Å². The third-order valence-electron chi connectivity index (χ3n) is 2.81. The van der Waals surface area contributed by atoms with E-state index in [1.165, 1.54) is 0 Å². The number of carboxylic acid groups (broad SMARTS) is 1. The van der Waals surface area contributed by atoms with Gasteiger partial charge in [0, 0.05) is 18.8 Å². The van der Waals surface area contributed by atoms with Gasteiger partial charge >= 0.3 is 18.9 Å². The van der Waals surface area contributed by atoms with Gasteiger partial charge in [-0.3, -0.25) is 4.79 Å². The van der Waals surface area contributed by atoms with E-state index in [1.54, 1.807) is 0 Å². The first-order chi connectivity index (χ1) is 7.15. The average Bonchev–Trinajstić information content (AvgIpc) is 2.49. The normalized spacial score (nSPS) is 15.2. The zero-order chi connectivity index (χ0) is 11.3. The fourth-order valence-electron chi connectivity index (χ4n) is 2.00. The van der Waals surface area contributed by atoms with Crippen molar-refractivity contribution in [2.24, 2.45) is 0 Å². The van der Waals surface area contributed by atoms with Gasteiger partial charge in [0.1, 0.15) is 0 Å². The van der Waals surface area contributed by atoms with E-state index in [2.05, 4.69) is 6.92 Å². The number of allylic oxidation sites excluding steroid dienone is 1. The van der Waals surface area contributed by atoms with E-state index >= 15 is 0 Å². The second kappa shape index (κ2) is 7.70. The van der Waals surface area contributed by atoms with Crippen LogP contribution in [0.25, 0.3) is 0 Å². The van der Waals surface area contributed by atoms with Crippen LogP contribution in [0.2, 0.25) is 0 Å². The smallest absolute Gasteiger partial charge is 0.550 e. The van der Waals surface area contributed by atoms with Crippen molar-refractivity contribution in [1.82, 2.24) is 0 Å². The molecule has 0 fully saturated rings. The molecule has 0 atom stereocenters. The van der Waals surface area contributed by atoms with Crippen LogP contribution in [0.3, 0.4) is 0 Å². The first kappa shape index (κ1) is 15.5. The van der Waals surface area contributed by atoms with Crippen LogP contribution < -0.4 is 24.0 Å². The fourth-order valence-corrected chi connectivity index (χ4v) is 2.00. The number of ketones is 1. The molecule has 0 aliphatic heterocycles. The Labute approximate surface area is 108 Å². The van der Waals surface area contributed by atoms with E-state index in [4.69, 9.17) is 0 Å². The molecule has 0 spiro atoms. The molecule has 3 nitrogen and oxygen atoms in total. The van der Waals surface area contributed by atoms with Gasteiger partial charge in [0.25, 0.3) is 0 Å². The summed E-state index contributed by atoms with van der Waals surface area (Å²) >= 11 is 0. The van der Waals surface area contributed by atoms with Gasteiger partial charge in [0.2, 0.25) is 0 Å². The van der Waals surface area contributed by atoms with Gasteiger partial charge in [0.15, 0.2) is 5.78 Å². The maximum Gasteiger partial charge on any atom is 1.00 e. The minimum absolute atomic E-state index is 0. The van der Waals surface area contributed by atoms with Crippen molar-refractivity contribution in [2.75, 3.05) is 0 Å². The molecule has 0 heterocycles. The first-order valence-corrected chi connectivity index (χ1v) is 5.59. The molecule has 0 saturated carbocycles. The fraction of sp³-hybridized carbons (Fsp3) is 0.667. The van der Waals surface area contributed by atoms with Gasteiger partial charge < -0.3 is 9.90 Å². The molecule has 0 aromatic heterocycles. The molecule has 0 amide bonds. The zero-order valence-corrected chi connectivity index (χ0v) is 10.2. The van der Waals surface area contributed by atoms with Crippen LogP contribution in [-0.2, 0) is 9.59 Å². The molecule has 0 aromatic rings. The minimum atomic E-state index is -1.08. The molecule has 1 aliphatic carbocycles. The Morgan fingerprint density at radius 1 is 1.31 bits per heavy atom. The second-order valence-electron chi connectivity index (χ2n) is 4.01. The molecular weight excluding hydrogens is 199 g/mol. The molecule has 0 saturated heterocycles. The maximum absolute atomic E-state index is 11.5. The van der Waals surface area contributed by atoms with Gasteiger partial charge in [-0.25, -0.2) is 0 Å². The van der Waals surface area contributed by atoms with Gasteiger partial charge in [0.05, 0.1) is 0 Å². The average molecular weight is 216 g/mol. The molecule has 1 rings (SSSR count). The van der Waals surface area contributed by atoms with Crippen LogP contribution in [0.4, 0.5) is 0 Å². The summed E-state index contributed by atoms with van der Waals surface area (Å²) in [7, 11) is 0. The standard InChI is InChI=1S/C12H18O3.Li/c1-2-3-4-5-10-9(8-12(14)15)6-7-11(10)13;/h2-8H2,1H3,(H,14,15);/q;+1/p-1. The van der Waals surface area contributed by atoms with Crippen LogP contribution in [0.5, 0.6) is 0 Å². The summed E-state index contributed by atoms with van der Waals surface area (Å²) in [6, 6.07) is 0. The zero-order valence-electron chi connectivity index (χ0n) is 10.2. The topological polar surface area (TPSA) is 57.2 Å². The second-order valence-corrected chi connectivity index (χ2v) is 4.01. The number of carbonyl (C=O) groups is 2. The Balaban J connectivity index is 0.00000225. The van der Waals surface area contributed by atoms with Crippen molar-refractivity contribution in [3.63, 3.8) is 0 Å². The van der Waals surface area contributed by atoms with Crippen molar-refractivity contribution in [3.8, 4) is 0 Å². The van der Waals surface area contributed by atoms with Crippen LogP contribution in [0.1, 0.15) is 51.9 Å². The van der Waals surface area contributed by atoms with E-state index in [1.807, 2.05) is 0 Å². The molecule has 0 bridgehead atoms. The van der Waals surface area contributed by atoms with Crippen LogP contribution in [-0.4, -0.2) is 11.8 Å². The minimum Gasteiger partial charge on any atom is -0.550 e. The Morgan fingerprint density at radius 2 is 2.00 bits per heavy atom. The van der Waals surface area contributed by atoms with E-state index in [9.17, 15) is 14.7 Å². The number of carbonyl (C=O) groups excluding carboxylic acids is 2. The molecule has 16 heavy (non-hydrogen) atoms. The molecule has 0 N–H and O–H groups in total. The number of aliphatic carboxylic acids is 1. The summed E-state index contributed by atoms with van der Waals surface area (Å²) in [5, 5.41) is 10.5. The summed E-state index contributed by atoms with van der Waals surface area (Å²) in [5.74, 6) is -0.935. The number of unbranched alkanes of at least 4 members (excludes halogenated alkanes) is 2. The van der Waals surface area contributed by atoms with Gasteiger partial charge in [-0.1, -0.05) is 25.3 Å². The van der Waals surface area contributed by atoms with E-state index in [-0.39, 0.29) is 31.1 Å². The predicted molar refractivity (Wildman–Crippen MR) is 55.0 cm³/mol. The molecule has 0 aromatic carbocycles. The Morgan fingerprint density at radius 3 is 2.56 bits per heavy atom. The third-order valence-corrected chi connectivity index (χ3v) is 2.81. The molecule has 84 valence electrons. The SMILES string of the molecule is CCCCCC1=C(CC(=O)[O-])CCC1=O.[Li+]. The first-order valence-electron chi connectivity index (χ1n) is 5.59. The molecular formula is C12H17LiO3. The van der Waals surface area contributed by atoms with Crippen molar-refractivity contribution in [3.05, 3.63) is 11.1 Å². The molecule has 0 radical (unpaired) electrons. The van der Waals surface area contributed by atoms with Gasteiger partial charge in [-0.15, -0.1) is 0 Å². The van der Waals surface area contributed by atoms with Crippen LogP contribution in [0.15, 0.2) is 11.1 Å². The Kier molecular flexibility index (Phi) is 7.45. The number of rotatable bonds is 6. The maximum atomic E-state index is 11.5. The molecule has 0 unspecified atom stereocenters. The van der Waals surface area contributed by atoms with Gasteiger partial charge in [-0.05, 0) is 24.8 Å². The van der Waals surface area contributed by atoms with Crippen molar-refractivity contribution in [2.45, 2.75) is 51.9 Å². The Bertz CT molecular complexity index is 295. The number of hydrogen-bond acceptors (Lipinski definition) is 3. The summed E-state index contributed by atoms with van der Waals surface area (Å²) < 4.78 is 0. The summed E-state index contributed by atoms with van der Waals surface area (Å²) in [4.78, 5) is 22.0. The quantitative estimate of drug-likeness (QED) is 0.395. The number of hydrogen-bond donors (Lipinski definition) is 0.